The smallest absolute Gasteiger partial charge is 0.305 e. The van der Waals surface area contributed by atoms with Gasteiger partial charge in [-0.3, -0.25) is 4.79 Å². The van der Waals surface area contributed by atoms with E-state index in [1.54, 1.807) is 0 Å². The summed E-state index contributed by atoms with van der Waals surface area (Å²) in [7, 11) is 0. The number of hydrogen-bond acceptors (Lipinski definition) is 8. The molecule has 5 aliphatic heterocycles. The number of nitrogens with zero attached hydrogens (tertiary/aromatic N) is 3. The second-order valence-electron chi connectivity index (χ2n) is 20.8. The van der Waals surface area contributed by atoms with Crippen LogP contribution in [0.25, 0.3) is 0 Å². The van der Waals surface area contributed by atoms with Gasteiger partial charge in [-0.25, -0.2) is 15.0 Å². The molecular weight excluding hydrogens is 793 g/mol. The molecule has 1 fully saturated rings. The highest BCUT2D eigenvalue weighted by Crippen LogP contribution is 2.48. The summed E-state index contributed by atoms with van der Waals surface area (Å²) < 4.78 is 5.84. The molecule has 8 bridgehead atoms. The van der Waals surface area contributed by atoms with E-state index in [9.17, 15) is 15.0 Å². The van der Waals surface area contributed by atoms with Crippen molar-refractivity contribution in [3.8, 4) is 0 Å². The number of unbranched alkanes of at least 4 members (excludes halogenated alkanes) is 15. The van der Waals surface area contributed by atoms with Crippen LogP contribution in [-0.4, -0.2) is 46.0 Å². The molecule has 1 unspecified atom stereocenters. The average Bonchev–Trinajstić information content (AvgIpc) is 4.02. The predicted octanol–water partition coefficient (Wildman–Crippen LogP) is 14.4. The van der Waals surface area contributed by atoms with E-state index in [0.717, 1.165) is 104 Å². The van der Waals surface area contributed by atoms with Gasteiger partial charge in [-0.1, -0.05) is 138 Å². The highest BCUT2D eigenvalue weighted by molar-refractivity contribution is 6.21. The lowest BCUT2D eigenvalue weighted by atomic mass is 9.84. The molecule has 3 atom stereocenters. The number of allylic oxidation sites excluding steroid dienone is 11. The molecule has 0 saturated carbocycles. The lowest BCUT2D eigenvalue weighted by Crippen LogP contribution is -2.16. The molecule has 8 nitrogen and oxygen atoms in total. The van der Waals surface area contributed by atoms with Crippen LogP contribution in [-0.2, 0) is 9.53 Å². The van der Waals surface area contributed by atoms with Crippen molar-refractivity contribution in [2.75, 3.05) is 6.61 Å². The third kappa shape index (κ3) is 11.7. The summed E-state index contributed by atoms with van der Waals surface area (Å²) in [5.74, 6) is 0.201. The molecule has 0 amide bonds. The highest BCUT2D eigenvalue weighted by Gasteiger charge is 2.43. The third-order valence-corrected chi connectivity index (χ3v) is 14.4. The first-order valence-electron chi connectivity index (χ1n) is 25.5. The molecule has 3 N–H and O–H groups in total. The molecule has 350 valence electrons. The Morgan fingerprint density at radius 3 is 1.97 bits per heavy atom. The van der Waals surface area contributed by atoms with Crippen LogP contribution in [0.15, 0.2) is 106 Å². The highest BCUT2D eigenvalue weighted by atomic mass is 16.5. The largest absolute Gasteiger partial charge is 0.511 e. The summed E-state index contributed by atoms with van der Waals surface area (Å²) in [5.41, 5.74) is 15.0. The Bertz CT molecular complexity index is 2140. The topological polar surface area (TPSA) is 116 Å². The van der Waals surface area contributed by atoms with Crippen LogP contribution in [0.1, 0.15) is 204 Å². The van der Waals surface area contributed by atoms with Gasteiger partial charge in [0.05, 0.1) is 46.9 Å². The summed E-state index contributed by atoms with van der Waals surface area (Å²) in [5, 5.41) is 26.8. The molecule has 64 heavy (non-hydrogen) atoms. The summed E-state index contributed by atoms with van der Waals surface area (Å²) in [4.78, 5) is 29.2. The fourth-order valence-electron chi connectivity index (χ4n) is 10.8. The zero-order chi connectivity index (χ0) is 46.1. The van der Waals surface area contributed by atoms with Gasteiger partial charge in [0.15, 0.2) is 0 Å². The van der Waals surface area contributed by atoms with Gasteiger partial charge in [0.1, 0.15) is 5.76 Å². The van der Waals surface area contributed by atoms with Crippen LogP contribution < -0.4 is 5.32 Å². The summed E-state index contributed by atoms with van der Waals surface area (Å²) >= 11 is 0. The van der Waals surface area contributed by atoms with Gasteiger partial charge in [-0.15, -0.1) is 0 Å². The zero-order valence-corrected chi connectivity index (χ0v) is 41.5. The van der Waals surface area contributed by atoms with Crippen molar-refractivity contribution < 1.29 is 19.7 Å². The second-order valence-corrected chi connectivity index (χ2v) is 20.8. The first-order valence-corrected chi connectivity index (χ1v) is 25.5. The Labute approximate surface area is 386 Å². The van der Waals surface area contributed by atoms with Gasteiger partial charge < -0.3 is 20.3 Å². The summed E-state index contributed by atoms with van der Waals surface area (Å²) in [6.45, 7) is 22.0. The number of fused-ring (bicyclic) bond motifs is 5. The Kier molecular flexibility index (Phi) is 17.3. The van der Waals surface area contributed by atoms with E-state index in [1.165, 1.54) is 95.5 Å². The van der Waals surface area contributed by atoms with Crippen LogP contribution in [0.2, 0.25) is 0 Å². The van der Waals surface area contributed by atoms with Gasteiger partial charge in [-0.2, -0.15) is 0 Å². The Morgan fingerprint density at radius 1 is 0.781 bits per heavy atom. The van der Waals surface area contributed by atoms with Crippen LogP contribution in [0, 0.1) is 17.3 Å². The van der Waals surface area contributed by atoms with Crippen LogP contribution in [0.3, 0.4) is 0 Å². The molecule has 1 aliphatic carbocycles. The minimum Gasteiger partial charge on any atom is -0.511 e. The molecule has 0 aromatic carbocycles. The molecule has 0 aromatic rings. The normalized spacial score (nSPS) is 21.3. The maximum absolute atomic E-state index is 13.3. The van der Waals surface area contributed by atoms with Gasteiger partial charge >= 0.3 is 5.97 Å². The van der Waals surface area contributed by atoms with E-state index in [-0.39, 0.29) is 23.2 Å². The fraction of sp³-hybridized carbons (Fsp3) is 0.643. The number of hydrogen-bond donors (Lipinski definition) is 3. The molecule has 6 rings (SSSR count). The predicted molar refractivity (Wildman–Crippen MR) is 266 cm³/mol. The second kappa shape index (κ2) is 22.4. The summed E-state index contributed by atoms with van der Waals surface area (Å²) in [6, 6.07) is 0. The van der Waals surface area contributed by atoms with Crippen molar-refractivity contribution in [3.05, 3.63) is 91.0 Å². The van der Waals surface area contributed by atoms with E-state index in [4.69, 9.17) is 19.7 Å². The number of ether oxygens (including phenoxy) is 1. The molecule has 1 saturated heterocycles. The van der Waals surface area contributed by atoms with E-state index in [0.29, 0.717) is 38.0 Å². The third-order valence-electron chi connectivity index (χ3n) is 14.4. The lowest BCUT2D eigenvalue weighted by Gasteiger charge is -2.20. The number of rotatable bonds is 23. The van der Waals surface area contributed by atoms with Gasteiger partial charge in [0.2, 0.25) is 0 Å². The lowest BCUT2D eigenvalue weighted by molar-refractivity contribution is -0.144. The quantitative estimate of drug-likeness (QED) is 0.0698. The molecule has 5 heterocycles. The van der Waals surface area contributed by atoms with Crippen molar-refractivity contribution in [3.63, 3.8) is 0 Å². The zero-order valence-electron chi connectivity index (χ0n) is 41.5. The maximum atomic E-state index is 13.3. The maximum Gasteiger partial charge on any atom is 0.305 e. The van der Waals surface area contributed by atoms with E-state index in [2.05, 4.69) is 73.7 Å². The van der Waals surface area contributed by atoms with Crippen LogP contribution >= 0.6 is 0 Å². The van der Waals surface area contributed by atoms with Crippen molar-refractivity contribution in [1.29, 1.82) is 0 Å². The van der Waals surface area contributed by atoms with Crippen molar-refractivity contribution in [2.24, 2.45) is 32.2 Å². The van der Waals surface area contributed by atoms with E-state index >= 15 is 0 Å². The minimum atomic E-state index is -0.721. The number of aliphatic hydroxyl groups excluding tert-OH is 2. The molecule has 0 radical (unpaired) electrons. The minimum absolute atomic E-state index is 0.0167. The van der Waals surface area contributed by atoms with Crippen LogP contribution in [0.5, 0.6) is 0 Å². The standard InChI is InChI=1S/C56H82N4O4/c1-11-13-14-15-16-17-18-19-20-21-22-23-24-25-26-27-30-64-49(63)29-28-41-36(4)52-38(6)53-37(5)50(39(7)61)47(59-53)32-44-35(3)43(34-56(8,9)10)46(57-44)33-45-40(12-2)51-48(62)31-42(54(41)60-52)55(51)58-45/h32-33,36,39,41,60-62H,11-31,34H2,1-10H3/t36-,39?,41-/m0/s1. The van der Waals surface area contributed by atoms with Gasteiger partial charge in [0.25, 0.3) is 0 Å². The van der Waals surface area contributed by atoms with Gasteiger partial charge in [-0.05, 0) is 98.8 Å². The average molecular weight is 875 g/mol. The Balaban J connectivity index is 1.15. The van der Waals surface area contributed by atoms with Crippen molar-refractivity contribution in [1.82, 2.24) is 5.32 Å². The van der Waals surface area contributed by atoms with E-state index in [1.807, 2.05) is 13.0 Å². The number of aliphatic hydroxyl groups is 2. The first kappa shape index (κ1) is 49.4. The number of nitrogens with one attached hydrogen (secondary N) is 1. The molecular formula is C56H82N4O4. The van der Waals surface area contributed by atoms with Crippen molar-refractivity contribution in [2.45, 2.75) is 210 Å². The number of aliphatic imine (C=N–C) groups is 3. The molecule has 6 aliphatic rings. The molecule has 0 spiro atoms. The SMILES string of the molecule is CCCCCCCCCCCCCCCCCCOC(=O)CC[C@@H]1C2=C3CC(O)=C4C3=NC(=C4CC)C=C3N=C(C=C4N=C(C(C)=C4C(C)O)C(C)=C(N2)[C@H]1C)C(C)=C3CC(C)(C)C. The van der Waals surface area contributed by atoms with Crippen LogP contribution in [0.4, 0.5) is 0 Å². The molecule has 8 heteroatoms. The Hall–Kier alpha value is -4.04. The fourth-order valence-corrected chi connectivity index (χ4v) is 10.8. The number of esters is 1. The summed E-state index contributed by atoms with van der Waals surface area (Å²) in [6.07, 6.45) is 27.3. The Morgan fingerprint density at radius 2 is 1.39 bits per heavy atom. The first-order chi connectivity index (χ1) is 30.6. The van der Waals surface area contributed by atoms with E-state index < -0.39 is 6.10 Å². The monoisotopic (exact) mass is 875 g/mol. The van der Waals surface area contributed by atoms with Gasteiger partial charge in [0, 0.05) is 52.8 Å². The van der Waals surface area contributed by atoms with Crippen molar-refractivity contribution >= 4 is 23.1 Å². The number of carbonyl (C=O) groups excluding carboxylic acids is 1. The molecule has 0 aromatic heterocycles. The number of carbonyl (C=O) groups is 1.